The molecule has 0 bridgehead atoms. The Morgan fingerprint density at radius 1 is 1.33 bits per heavy atom. The van der Waals surface area contributed by atoms with Crippen LogP contribution in [0.3, 0.4) is 0 Å². The minimum absolute atomic E-state index is 0.133. The van der Waals surface area contributed by atoms with Crippen LogP contribution in [-0.2, 0) is 16.0 Å². The van der Waals surface area contributed by atoms with Crippen LogP contribution in [0.5, 0.6) is 0 Å². The SMILES string of the molecule is CCc1c(C(=O)OC)nnn1C(C)C(=O)NCCC(C)C. The first-order valence-electron chi connectivity index (χ1n) is 7.22. The summed E-state index contributed by atoms with van der Waals surface area (Å²) in [6, 6.07) is -0.516. The summed E-state index contributed by atoms with van der Waals surface area (Å²) in [5.74, 6) is -0.138. The molecule has 1 aromatic heterocycles. The van der Waals surface area contributed by atoms with Crippen molar-refractivity contribution in [3.05, 3.63) is 11.4 Å². The number of esters is 1. The molecule has 0 aromatic carbocycles. The van der Waals surface area contributed by atoms with Crippen molar-refractivity contribution in [3.63, 3.8) is 0 Å². The number of amides is 1. The fourth-order valence-corrected chi connectivity index (χ4v) is 1.95. The molecule has 7 heteroatoms. The van der Waals surface area contributed by atoms with Gasteiger partial charge in [0.05, 0.1) is 12.8 Å². The Kier molecular flexibility index (Phi) is 6.33. The molecule has 0 spiro atoms. The molecule has 0 saturated carbocycles. The molecule has 0 saturated heterocycles. The van der Waals surface area contributed by atoms with E-state index in [1.165, 1.54) is 11.8 Å². The Labute approximate surface area is 125 Å². The van der Waals surface area contributed by atoms with Crippen LogP contribution in [0.4, 0.5) is 0 Å². The molecule has 21 heavy (non-hydrogen) atoms. The molecule has 0 radical (unpaired) electrons. The summed E-state index contributed by atoms with van der Waals surface area (Å²) in [7, 11) is 1.29. The lowest BCUT2D eigenvalue weighted by Crippen LogP contribution is -2.33. The van der Waals surface area contributed by atoms with Crippen LogP contribution < -0.4 is 5.32 Å². The molecule has 1 aromatic rings. The number of carbonyl (C=O) groups is 2. The Morgan fingerprint density at radius 3 is 2.52 bits per heavy atom. The average Bonchev–Trinajstić information content (AvgIpc) is 2.88. The maximum Gasteiger partial charge on any atom is 0.360 e. The molecule has 1 amide bonds. The molecule has 0 aliphatic carbocycles. The lowest BCUT2D eigenvalue weighted by molar-refractivity contribution is -0.124. The van der Waals surface area contributed by atoms with Gasteiger partial charge in [-0.1, -0.05) is 26.0 Å². The summed E-state index contributed by atoms with van der Waals surface area (Å²) < 4.78 is 6.15. The fourth-order valence-electron chi connectivity index (χ4n) is 1.95. The predicted octanol–water partition coefficient (Wildman–Crippen LogP) is 1.35. The topological polar surface area (TPSA) is 86.1 Å². The molecule has 1 atom stereocenters. The monoisotopic (exact) mass is 296 g/mol. The van der Waals surface area contributed by atoms with E-state index in [1.807, 2.05) is 6.92 Å². The summed E-state index contributed by atoms with van der Waals surface area (Å²) >= 11 is 0. The first-order valence-corrected chi connectivity index (χ1v) is 7.22. The second-order valence-corrected chi connectivity index (χ2v) is 5.32. The third-order valence-corrected chi connectivity index (χ3v) is 3.27. The average molecular weight is 296 g/mol. The van der Waals surface area contributed by atoms with Crippen molar-refractivity contribution in [2.45, 2.75) is 46.6 Å². The Balaban J connectivity index is 2.82. The van der Waals surface area contributed by atoms with Gasteiger partial charge in [-0.05, 0) is 25.7 Å². The highest BCUT2D eigenvalue weighted by atomic mass is 16.5. The Hall–Kier alpha value is -1.92. The van der Waals surface area contributed by atoms with Crippen molar-refractivity contribution in [1.82, 2.24) is 20.3 Å². The van der Waals surface area contributed by atoms with Gasteiger partial charge in [0.15, 0.2) is 5.69 Å². The zero-order valence-electron chi connectivity index (χ0n) is 13.3. The fraction of sp³-hybridized carbons (Fsp3) is 0.714. The standard InChI is InChI=1S/C14H24N4O3/c1-6-11-12(14(20)21-5)16-17-18(11)10(4)13(19)15-8-7-9(2)3/h9-10H,6-8H2,1-5H3,(H,15,19). The molecule has 0 aliphatic rings. The van der Waals surface area contributed by atoms with Crippen molar-refractivity contribution in [2.75, 3.05) is 13.7 Å². The van der Waals surface area contributed by atoms with Gasteiger partial charge in [0.25, 0.3) is 0 Å². The zero-order chi connectivity index (χ0) is 16.0. The van der Waals surface area contributed by atoms with Crippen molar-refractivity contribution < 1.29 is 14.3 Å². The highest BCUT2D eigenvalue weighted by molar-refractivity contribution is 5.88. The molecule has 7 nitrogen and oxygen atoms in total. The van der Waals surface area contributed by atoms with E-state index in [0.29, 0.717) is 24.6 Å². The third kappa shape index (κ3) is 4.27. The van der Waals surface area contributed by atoms with Gasteiger partial charge < -0.3 is 10.1 Å². The largest absolute Gasteiger partial charge is 0.464 e. The summed E-state index contributed by atoms with van der Waals surface area (Å²) in [6.45, 7) is 8.45. The maximum atomic E-state index is 12.1. The number of hydrogen-bond acceptors (Lipinski definition) is 5. The first-order chi connectivity index (χ1) is 9.92. The van der Waals surface area contributed by atoms with Gasteiger partial charge in [0.2, 0.25) is 5.91 Å². The third-order valence-electron chi connectivity index (χ3n) is 3.27. The van der Waals surface area contributed by atoms with E-state index >= 15 is 0 Å². The van der Waals surface area contributed by atoms with E-state index in [4.69, 9.17) is 0 Å². The molecule has 0 aliphatic heterocycles. The van der Waals surface area contributed by atoms with Gasteiger partial charge in [-0.15, -0.1) is 5.10 Å². The summed E-state index contributed by atoms with van der Waals surface area (Å²) in [5, 5.41) is 10.6. The van der Waals surface area contributed by atoms with E-state index in [0.717, 1.165) is 6.42 Å². The molecular formula is C14H24N4O3. The normalized spacial score (nSPS) is 12.3. The lowest BCUT2D eigenvalue weighted by atomic mass is 10.1. The molecule has 0 fully saturated rings. The van der Waals surface area contributed by atoms with Crippen LogP contribution in [0.2, 0.25) is 0 Å². The first kappa shape index (κ1) is 17.1. The van der Waals surface area contributed by atoms with Crippen molar-refractivity contribution in [3.8, 4) is 0 Å². The number of ether oxygens (including phenoxy) is 1. The number of nitrogens with one attached hydrogen (secondary N) is 1. The van der Waals surface area contributed by atoms with Crippen LogP contribution in [0.1, 0.15) is 56.3 Å². The molecular weight excluding hydrogens is 272 g/mol. The highest BCUT2D eigenvalue weighted by Gasteiger charge is 2.24. The minimum atomic E-state index is -0.537. The lowest BCUT2D eigenvalue weighted by Gasteiger charge is -2.15. The van der Waals surface area contributed by atoms with Gasteiger partial charge in [-0.3, -0.25) is 4.79 Å². The van der Waals surface area contributed by atoms with Gasteiger partial charge in [0, 0.05) is 6.54 Å². The second-order valence-electron chi connectivity index (χ2n) is 5.32. The van der Waals surface area contributed by atoms with Crippen LogP contribution >= 0.6 is 0 Å². The van der Waals surface area contributed by atoms with Crippen molar-refractivity contribution >= 4 is 11.9 Å². The zero-order valence-corrected chi connectivity index (χ0v) is 13.3. The molecule has 118 valence electrons. The number of aromatic nitrogens is 3. The Morgan fingerprint density at radius 2 is 2.00 bits per heavy atom. The van der Waals surface area contributed by atoms with E-state index in [-0.39, 0.29) is 11.6 Å². The number of hydrogen-bond donors (Lipinski definition) is 1. The van der Waals surface area contributed by atoms with E-state index in [2.05, 4.69) is 34.2 Å². The smallest absolute Gasteiger partial charge is 0.360 e. The molecule has 1 heterocycles. The molecule has 1 N–H and O–H groups in total. The van der Waals surface area contributed by atoms with Crippen molar-refractivity contribution in [2.24, 2.45) is 5.92 Å². The van der Waals surface area contributed by atoms with Gasteiger partial charge >= 0.3 is 5.97 Å². The van der Waals surface area contributed by atoms with Crippen molar-refractivity contribution in [1.29, 1.82) is 0 Å². The number of nitrogens with zero attached hydrogens (tertiary/aromatic N) is 3. The van der Waals surface area contributed by atoms with E-state index in [1.54, 1.807) is 6.92 Å². The summed E-state index contributed by atoms with van der Waals surface area (Å²) in [5.41, 5.74) is 0.773. The maximum absolute atomic E-state index is 12.1. The van der Waals surface area contributed by atoms with Gasteiger partial charge in [-0.2, -0.15) is 0 Å². The molecule has 1 unspecified atom stereocenters. The van der Waals surface area contributed by atoms with Crippen LogP contribution in [-0.4, -0.2) is 40.5 Å². The predicted molar refractivity (Wildman–Crippen MR) is 77.9 cm³/mol. The van der Waals surface area contributed by atoms with Crippen LogP contribution in [0, 0.1) is 5.92 Å². The van der Waals surface area contributed by atoms with E-state index in [9.17, 15) is 9.59 Å². The number of rotatable bonds is 7. The number of carbonyl (C=O) groups excluding carboxylic acids is 2. The van der Waals surface area contributed by atoms with Gasteiger partial charge in [0.1, 0.15) is 6.04 Å². The quantitative estimate of drug-likeness (QED) is 0.768. The summed E-state index contributed by atoms with van der Waals surface area (Å²) in [4.78, 5) is 23.7. The minimum Gasteiger partial charge on any atom is -0.464 e. The summed E-state index contributed by atoms with van der Waals surface area (Å²) in [6.07, 6.45) is 1.46. The molecule has 1 rings (SSSR count). The highest BCUT2D eigenvalue weighted by Crippen LogP contribution is 2.14. The number of methoxy groups -OCH3 is 1. The Bertz CT molecular complexity index is 496. The van der Waals surface area contributed by atoms with Gasteiger partial charge in [-0.25, -0.2) is 9.48 Å². The van der Waals surface area contributed by atoms with Crippen LogP contribution in [0.15, 0.2) is 0 Å². The second kappa shape index (κ2) is 7.75. The van der Waals surface area contributed by atoms with E-state index < -0.39 is 12.0 Å². The van der Waals surface area contributed by atoms with Crippen LogP contribution in [0.25, 0.3) is 0 Å².